The quantitative estimate of drug-likeness (QED) is 0.489. The highest BCUT2D eigenvalue weighted by atomic mass is 16.1. The Morgan fingerprint density at radius 2 is 1.97 bits per heavy atom. The van der Waals surface area contributed by atoms with Crippen molar-refractivity contribution in [3.63, 3.8) is 0 Å². The van der Waals surface area contributed by atoms with Crippen LogP contribution >= 0.6 is 0 Å². The van der Waals surface area contributed by atoms with Gasteiger partial charge in [0.05, 0.1) is 6.54 Å². The van der Waals surface area contributed by atoms with Gasteiger partial charge in [-0.3, -0.25) is 9.69 Å². The van der Waals surface area contributed by atoms with E-state index >= 15 is 0 Å². The minimum atomic E-state index is -0.301. The summed E-state index contributed by atoms with van der Waals surface area (Å²) in [5.74, 6) is 1.27. The summed E-state index contributed by atoms with van der Waals surface area (Å²) in [6.45, 7) is 6.81. The molecule has 33 heavy (non-hydrogen) atoms. The molecule has 0 saturated carbocycles. The molecule has 2 aromatic heterocycles. The Morgan fingerprint density at radius 1 is 1.12 bits per heavy atom. The summed E-state index contributed by atoms with van der Waals surface area (Å²) in [6, 6.07) is 18.1. The molecule has 170 valence electrons. The average Bonchev–Trinajstić information content (AvgIpc) is 3.27. The van der Waals surface area contributed by atoms with E-state index in [1.54, 1.807) is 0 Å². The Balaban J connectivity index is 1.63. The van der Waals surface area contributed by atoms with Gasteiger partial charge in [0.1, 0.15) is 6.04 Å². The smallest absolute Gasteiger partial charge is 0.253 e. The van der Waals surface area contributed by atoms with Gasteiger partial charge in [0, 0.05) is 17.6 Å². The summed E-state index contributed by atoms with van der Waals surface area (Å²) in [6.07, 6.45) is 3.25. The van der Waals surface area contributed by atoms with Gasteiger partial charge in [-0.05, 0) is 76.9 Å². The van der Waals surface area contributed by atoms with Crippen LogP contribution in [0.4, 0.5) is 0 Å². The second kappa shape index (κ2) is 9.27. The zero-order chi connectivity index (χ0) is 22.8. The van der Waals surface area contributed by atoms with E-state index in [0.717, 1.165) is 42.4 Å². The van der Waals surface area contributed by atoms with Crippen molar-refractivity contribution in [2.75, 3.05) is 13.1 Å². The highest BCUT2D eigenvalue weighted by molar-refractivity contribution is 5.80. The highest BCUT2D eigenvalue weighted by Gasteiger charge is 2.32. The molecule has 0 amide bonds. The molecule has 7 nitrogen and oxygen atoms in total. The average molecular weight is 443 g/mol. The van der Waals surface area contributed by atoms with Crippen LogP contribution in [0.2, 0.25) is 0 Å². The van der Waals surface area contributed by atoms with Crippen LogP contribution in [0.15, 0.2) is 59.4 Å². The fraction of sp³-hybridized carbons (Fsp3) is 0.385. The number of nitrogens with zero attached hydrogens (tertiary/aromatic N) is 5. The first-order chi connectivity index (χ1) is 16.1. The predicted molar refractivity (Wildman–Crippen MR) is 129 cm³/mol. The number of aromatic nitrogens is 5. The molecule has 0 spiro atoms. The van der Waals surface area contributed by atoms with Gasteiger partial charge < -0.3 is 4.98 Å². The molecule has 1 aliphatic rings. The third-order valence-corrected chi connectivity index (χ3v) is 6.67. The maximum Gasteiger partial charge on any atom is 0.253 e. The second-order valence-corrected chi connectivity index (χ2v) is 9.15. The molecule has 0 unspecified atom stereocenters. The zero-order valence-electron chi connectivity index (χ0n) is 19.2. The van der Waals surface area contributed by atoms with Crippen molar-refractivity contribution in [2.24, 2.45) is 5.92 Å². The Bertz CT molecular complexity index is 1300. The van der Waals surface area contributed by atoms with Crippen molar-refractivity contribution < 1.29 is 0 Å². The SMILES string of the molecule is CCc1ccc2[nH]c(=O)c([C@H](c3nnnn3Cc3ccccc3)N3CCC[C@@H](C)C3)cc2c1. The number of aromatic amines is 1. The number of aryl methyl sites for hydroxylation is 1. The van der Waals surface area contributed by atoms with Crippen LogP contribution in [0.3, 0.4) is 0 Å². The van der Waals surface area contributed by atoms with E-state index in [1.807, 2.05) is 35.0 Å². The fourth-order valence-corrected chi connectivity index (χ4v) is 4.93. The van der Waals surface area contributed by atoms with Crippen LogP contribution in [0, 0.1) is 5.92 Å². The van der Waals surface area contributed by atoms with E-state index in [4.69, 9.17) is 0 Å². The molecule has 1 fully saturated rings. The Hall–Kier alpha value is -3.32. The lowest BCUT2D eigenvalue weighted by atomic mass is 9.95. The van der Waals surface area contributed by atoms with Crippen molar-refractivity contribution >= 4 is 10.9 Å². The van der Waals surface area contributed by atoms with E-state index in [9.17, 15) is 4.79 Å². The van der Waals surface area contributed by atoms with E-state index in [2.05, 4.69) is 63.5 Å². The summed E-state index contributed by atoms with van der Waals surface area (Å²) < 4.78 is 1.84. The van der Waals surface area contributed by atoms with E-state index < -0.39 is 0 Å². The molecule has 0 bridgehead atoms. The first-order valence-corrected chi connectivity index (χ1v) is 11.8. The van der Waals surface area contributed by atoms with Gasteiger partial charge in [0.15, 0.2) is 5.82 Å². The molecule has 4 aromatic rings. The second-order valence-electron chi connectivity index (χ2n) is 9.15. The maximum atomic E-state index is 13.4. The van der Waals surface area contributed by atoms with Crippen LogP contribution in [-0.4, -0.2) is 43.2 Å². The Labute approximate surface area is 193 Å². The van der Waals surface area contributed by atoms with Crippen molar-refractivity contribution in [3.8, 4) is 0 Å². The molecule has 2 atom stereocenters. The third kappa shape index (κ3) is 4.46. The zero-order valence-corrected chi connectivity index (χ0v) is 19.2. The molecule has 7 heteroatoms. The molecule has 0 aliphatic carbocycles. The number of piperidine rings is 1. The lowest BCUT2D eigenvalue weighted by Gasteiger charge is -2.36. The molecule has 1 saturated heterocycles. The standard InChI is InChI=1S/C26H30N6O/c1-3-19-11-12-23-21(14-19)15-22(26(33)27-23)24(31-13-7-8-18(2)16-31)25-28-29-30-32(25)17-20-9-5-4-6-10-20/h4-6,9-12,14-15,18,24H,3,7-8,13,16-17H2,1-2H3,(H,27,33)/t18-,24-/m1/s1. The largest absolute Gasteiger partial charge is 0.322 e. The number of pyridine rings is 1. The number of tetrazole rings is 1. The van der Waals surface area contributed by atoms with Crippen LogP contribution in [0.25, 0.3) is 10.9 Å². The summed E-state index contributed by atoms with van der Waals surface area (Å²) in [4.78, 5) is 18.8. The number of hydrogen-bond donors (Lipinski definition) is 1. The Morgan fingerprint density at radius 3 is 2.76 bits per heavy atom. The molecule has 5 rings (SSSR count). The number of likely N-dealkylation sites (tertiary alicyclic amines) is 1. The van der Waals surface area contributed by atoms with Crippen molar-refractivity contribution in [2.45, 2.75) is 45.7 Å². The number of fused-ring (bicyclic) bond motifs is 1. The van der Waals surface area contributed by atoms with Crippen LogP contribution in [0.5, 0.6) is 0 Å². The fourth-order valence-electron chi connectivity index (χ4n) is 4.93. The van der Waals surface area contributed by atoms with Crippen molar-refractivity contribution in [1.82, 2.24) is 30.1 Å². The van der Waals surface area contributed by atoms with E-state index in [1.165, 1.54) is 12.0 Å². The van der Waals surface area contributed by atoms with Crippen LogP contribution < -0.4 is 5.56 Å². The molecule has 2 aromatic carbocycles. The summed E-state index contributed by atoms with van der Waals surface area (Å²) >= 11 is 0. The van der Waals surface area contributed by atoms with Crippen LogP contribution in [0.1, 0.15) is 55.2 Å². The first-order valence-electron chi connectivity index (χ1n) is 11.8. The summed E-state index contributed by atoms with van der Waals surface area (Å²) in [5.41, 5.74) is 3.85. The highest BCUT2D eigenvalue weighted by Crippen LogP contribution is 2.31. The lowest BCUT2D eigenvalue weighted by Crippen LogP contribution is -2.41. The number of H-pyrrole nitrogens is 1. The molecule has 1 N–H and O–H groups in total. The monoisotopic (exact) mass is 442 g/mol. The molecule has 3 heterocycles. The van der Waals surface area contributed by atoms with Gasteiger partial charge in [-0.25, -0.2) is 4.68 Å². The molecular weight excluding hydrogens is 412 g/mol. The van der Waals surface area contributed by atoms with E-state index in [0.29, 0.717) is 23.9 Å². The van der Waals surface area contributed by atoms with Gasteiger partial charge in [-0.1, -0.05) is 50.2 Å². The number of benzene rings is 2. The number of nitrogens with one attached hydrogen (secondary N) is 1. The van der Waals surface area contributed by atoms with Gasteiger partial charge in [0.25, 0.3) is 5.56 Å². The van der Waals surface area contributed by atoms with Gasteiger partial charge in [-0.2, -0.15) is 0 Å². The van der Waals surface area contributed by atoms with Crippen molar-refractivity contribution in [1.29, 1.82) is 0 Å². The third-order valence-electron chi connectivity index (χ3n) is 6.67. The van der Waals surface area contributed by atoms with Gasteiger partial charge >= 0.3 is 0 Å². The maximum absolute atomic E-state index is 13.4. The number of hydrogen-bond acceptors (Lipinski definition) is 5. The van der Waals surface area contributed by atoms with E-state index in [-0.39, 0.29) is 11.6 Å². The van der Waals surface area contributed by atoms with Crippen LogP contribution in [-0.2, 0) is 13.0 Å². The van der Waals surface area contributed by atoms with Crippen molar-refractivity contribution in [3.05, 3.63) is 87.5 Å². The molecular formula is C26H30N6O. The minimum absolute atomic E-state index is 0.0794. The van der Waals surface area contributed by atoms with Gasteiger partial charge in [-0.15, -0.1) is 5.10 Å². The summed E-state index contributed by atoms with van der Waals surface area (Å²) in [7, 11) is 0. The number of rotatable bonds is 6. The first kappa shape index (κ1) is 21.5. The summed E-state index contributed by atoms with van der Waals surface area (Å²) in [5, 5.41) is 13.8. The normalized spacial score (nSPS) is 17.9. The van der Waals surface area contributed by atoms with Gasteiger partial charge in [0.2, 0.25) is 0 Å². The predicted octanol–water partition coefficient (Wildman–Crippen LogP) is 3.95. The Kier molecular flexibility index (Phi) is 6.05. The lowest BCUT2D eigenvalue weighted by molar-refractivity contribution is 0.141. The minimum Gasteiger partial charge on any atom is -0.322 e. The molecule has 0 radical (unpaired) electrons. The molecule has 1 aliphatic heterocycles. The topological polar surface area (TPSA) is 79.7 Å².